The number of benzene rings is 1. The van der Waals surface area contributed by atoms with Gasteiger partial charge in [-0.15, -0.1) is 12.0 Å². The van der Waals surface area contributed by atoms with Crippen molar-refractivity contribution in [1.82, 2.24) is 0 Å². The van der Waals surface area contributed by atoms with E-state index in [4.69, 9.17) is 4.74 Å². The van der Waals surface area contributed by atoms with Crippen molar-refractivity contribution in [3.63, 3.8) is 0 Å². The minimum atomic E-state index is 0. The fourth-order valence-corrected chi connectivity index (χ4v) is 3.29. The van der Waals surface area contributed by atoms with Crippen molar-refractivity contribution in [3.05, 3.63) is 71.9 Å². The van der Waals surface area contributed by atoms with Crippen LogP contribution >= 0.6 is 0 Å². The van der Waals surface area contributed by atoms with Gasteiger partial charge >= 0.3 is 26.2 Å². The average Bonchev–Trinajstić information content (AvgIpc) is 3.26. The van der Waals surface area contributed by atoms with Crippen LogP contribution < -0.4 is 4.74 Å². The molecule has 0 fully saturated rings. The predicted molar refractivity (Wildman–Crippen MR) is 112 cm³/mol. The Morgan fingerprint density at radius 2 is 1.70 bits per heavy atom. The van der Waals surface area contributed by atoms with Crippen LogP contribution in [0, 0.1) is 28.9 Å². The summed E-state index contributed by atoms with van der Waals surface area (Å²) >= 11 is 0. The molecule has 1 unspecified atom stereocenters. The summed E-state index contributed by atoms with van der Waals surface area (Å²) in [6.45, 7) is 13.6. The largest absolute Gasteiger partial charge is 2.00 e. The first-order valence-electron chi connectivity index (χ1n) is 9.35. The first kappa shape index (κ1) is 23.9. The zero-order chi connectivity index (χ0) is 19.4. The Hall–Kier alpha value is -1.14. The van der Waals surface area contributed by atoms with E-state index in [1.165, 1.54) is 16.7 Å². The summed E-state index contributed by atoms with van der Waals surface area (Å²) < 4.78 is 5.60. The Morgan fingerprint density at radius 3 is 2.15 bits per heavy atom. The number of hydrogen-bond acceptors (Lipinski definition) is 1. The number of hydrogen-bond donors (Lipinski definition) is 0. The zero-order valence-corrected chi connectivity index (χ0v) is 20.3. The summed E-state index contributed by atoms with van der Waals surface area (Å²) in [4.78, 5) is 0. The standard InChI is InChI=1S/C20H27O.C5H5.Zr/c1-19(2,3)15-12-13-16(20(4,5)6)18(15)14-10-8-9-11-17(14)21-7;1-2-4-5-3-1;/h8-12,16H,1-7H3;1-3H,4H2;/q2*-1;+2. The third-order valence-corrected chi connectivity index (χ3v) is 4.63. The topological polar surface area (TPSA) is 9.23 Å². The second-order valence-electron chi connectivity index (χ2n) is 8.89. The van der Waals surface area contributed by atoms with Gasteiger partial charge in [-0.3, -0.25) is 12.2 Å². The van der Waals surface area contributed by atoms with E-state index in [-0.39, 0.29) is 37.0 Å². The molecule has 0 saturated heterocycles. The SMILES string of the molecule is COc1ccccc1C1=C(C(C)(C)C)C=[C-]C1C(C)(C)C.[C-]1=CC=CC1.[Zr+2]. The molecule has 1 aromatic carbocycles. The number of methoxy groups -OCH3 is 1. The molecular weight excluding hydrogens is 407 g/mol. The van der Waals surface area contributed by atoms with Crippen molar-refractivity contribution >= 4 is 5.57 Å². The number of para-hydroxylation sites is 1. The van der Waals surface area contributed by atoms with Gasteiger partial charge in [-0.2, -0.15) is 11.6 Å². The maximum Gasteiger partial charge on any atom is 2.00 e. The molecule has 0 spiro atoms. The minimum Gasteiger partial charge on any atom is -0.496 e. The molecule has 3 rings (SSSR count). The molecule has 0 heterocycles. The molecule has 0 N–H and O–H groups in total. The Morgan fingerprint density at radius 1 is 1.04 bits per heavy atom. The number of allylic oxidation sites excluding steroid dienone is 8. The predicted octanol–water partition coefficient (Wildman–Crippen LogP) is 6.83. The third-order valence-electron chi connectivity index (χ3n) is 4.63. The first-order valence-corrected chi connectivity index (χ1v) is 9.35. The van der Waals surface area contributed by atoms with E-state index in [0.29, 0.717) is 5.92 Å². The van der Waals surface area contributed by atoms with Gasteiger partial charge < -0.3 is 4.74 Å². The van der Waals surface area contributed by atoms with Crippen molar-refractivity contribution in [2.75, 3.05) is 7.11 Å². The van der Waals surface area contributed by atoms with Crippen LogP contribution in [0.2, 0.25) is 0 Å². The maximum absolute atomic E-state index is 5.60. The van der Waals surface area contributed by atoms with Crippen molar-refractivity contribution in [2.24, 2.45) is 16.7 Å². The van der Waals surface area contributed by atoms with Crippen LogP contribution in [0.3, 0.4) is 0 Å². The molecule has 2 aliphatic carbocycles. The normalized spacial score (nSPS) is 18.3. The van der Waals surface area contributed by atoms with Crippen LogP contribution in [0.25, 0.3) is 5.57 Å². The Labute approximate surface area is 185 Å². The molecule has 2 heteroatoms. The fraction of sp³-hybridized carbons (Fsp3) is 0.440. The van der Waals surface area contributed by atoms with Crippen LogP contribution in [0.15, 0.2) is 54.1 Å². The summed E-state index contributed by atoms with van der Waals surface area (Å²) in [5.74, 6) is 1.24. The fourth-order valence-electron chi connectivity index (χ4n) is 3.29. The van der Waals surface area contributed by atoms with Gasteiger partial charge in [-0.25, -0.2) is 18.2 Å². The molecule has 0 radical (unpaired) electrons. The minimum absolute atomic E-state index is 0. The van der Waals surface area contributed by atoms with E-state index in [1.54, 1.807) is 7.11 Å². The molecule has 0 bridgehead atoms. The molecule has 0 aliphatic heterocycles. The second-order valence-corrected chi connectivity index (χ2v) is 8.89. The van der Waals surface area contributed by atoms with Crippen molar-refractivity contribution < 1.29 is 30.9 Å². The van der Waals surface area contributed by atoms with Crippen LogP contribution in [0.5, 0.6) is 5.75 Å². The molecule has 0 aromatic heterocycles. The van der Waals surface area contributed by atoms with E-state index >= 15 is 0 Å². The molecule has 0 amide bonds. The van der Waals surface area contributed by atoms with Gasteiger partial charge in [0.2, 0.25) is 0 Å². The van der Waals surface area contributed by atoms with E-state index in [0.717, 1.165) is 12.2 Å². The van der Waals surface area contributed by atoms with Crippen molar-refractivity contribution in [1.29, 1.82) is 0 Å². The Bertz CT molecular complexity index is 726. The van der Waals surface area contributed by atoms with E-state index < -0.39 is 0 Å². The molecule has 1 atom stereocenters. The summed E-state index contributed by atoms with van der Waals surface area (Å²) in [7, 11) is 1.74. The van der Waals surface area contributed by atoms with Crippen LogP contribution in [-0.4, -0.2) is 7.11 Å². The quantitative estimate of drug-likeness (QED) is 0.459. The smallest absolute Gasteiger partial charge is 0.496 e. The van der Waals surface area contributed by atoms with E-state index in [1.807, 2.05) is 24.3 Å². The summed E-state index contributed by atoms with van der Waals surface area (Å²) in [6.07, 6.45) is 15.8. The van der Waals surface area contributed by atoms with Gasteiger partial charge in [0.05, 0.1) is 7.11 Å². The molecule has 1 nitrogen and oxygen atoms in total. The second kappa shape index (κ2) is 9.88. The van der Waals surface area contributed by atoms with Crippen molar-refractivity contribution in [3.8, 4) is 5.75 Å². The third kappa shape index (κ3) is 6.18. The van der Waals surface area contributed by atoms with Gasteiger partial charge in [0, 0.05) is 5.56 Å². The maximum atomic E-state index is 5.60. The molecule has 142 valence electrons. The summed E-state index contributed by atoms with van der Waals surface area (Å²) in [5.41, 5.74) is 4.17. The molecule has 2 aliphatic rings. The zero-order valence-electron chi connectivity index (χ0n) is 17.8. The average molecular weight is 440 g/mol. The van der Waals surface area contributed by atoms with Crippen LogP contribution in [-0.2, 0) is 26.2 Å². The summed E-state index contributed by atoms with van der Waals surface area (Å²) in [6, 6.07) is 8.32. The van der Waals surface area contributed by atoms with Crippen molar-refractivity contribution in [2.45, 2.75) is 48.0 Å². The summed E-state index contributed by atoms with van der Waals surface area (Å²) in [5, 5.41) is 0. The molecular formula is C25H32OZr. The molecule has 0 saturated carbocycles. The Kier molecular flexibility index (Phi) is 8.74. The van der Waals surface area contributed by atoms with Crippen LogP contribution in [0.1, 0.15) is 53.5 Å². The van der Waals surface area contributed by atoms with E-state index in [9.17, 15) is 0 Å². The monoisotopic (exact) mass is 438 g/mol. The van der Waals surface area contributed by atoms with Gasteiger partial charge in [-0.1, -0.05) is 71.1 Å². The number of rotatable bonds is 2. The number of ether oxygens (including phenoxy) is 1. The van der Waals surface area contributed by atoms with Gasteiger partial charge in [0.25, 0.3) is 0 Å². The van der Waals surface area contributed by atoms with Crippen LogP contribution in [0.4, 0.5) is 0 Å². The van der Waals surface area contributed by atoms with Gasteiger partial charge in [-0.05, 0) is 11.5 Å². The first-order chi connectivity index (χ1) is 12.2. The van der Waals surface area contributed by atoms with Gasteiger partial charge in [0.1, 0.15) is 5.75 Å². The Balaban J connectivity index is 0.000000526. The molecule has 27 heavy (non-hydrogen) atoms. The van der Waals surface area contributed by atoms with E-state index in [2.05, 4.69) is 78.0 Å². The molecule has 1 aromatic rings. The van der Waals surface area contributed by atoms with Gasteiger partial charge in [0.15, 0.2) is 0 Å².